The monoisotopic (exact) mass is 586 g/mol. The first-order valence-electron chi connectivity index (χ1n) is 12.9. The first kappa shape index (κ1) is 30.3. The zero-order chi connectivity index (χ0) is 29.7. The van der Waals surface area contributed by atoms with Crippen molar-refractivity contribution in [1.82, 2.24) is 14.9 Å². The molecule has 1 saturated heterocycles. The number of aryl methyl sites for hydroxylation is 2. The molecule has 0 bridgehead atoms. The number of alkyl halides is 3. The predicted octanol–water partition coefficient (Wildman–Crippen LogP) is 5.25. The summed E-state index contributed by atoms with van der Waals surface area (Å²) < 4.78 is 81.2. The summed E-state index contributed by atoms with van der Waals surface area (Å²) in [4.78, 5) is 25.1. The molecule has 0 spiro atoms. The average molecular weight is 587 g/mol. The number of hydrogen-bond acceptors (Lipinski definition) is 7. The second-order valence-electron chi connectivity index (χ2n) is 11.3. The summed E-state index contributed by atoms with van der Waals surface area (Å²) in [6, 6.07) is 0.958. The van der Waals surface area contributed by atoms with Gasteiger partial charge in [-0.05, 0) is 52.7 Å². The van der Waals surface area contributed by atoms with Gasteiger partial charge in [0.2, 0.25) is 0 Å². The lowest BCUT2D eigenvalue weighted by atomic mass is 9.90. The lowest BCUT2D eigenvalue weighted by Gasteiger charge is -2.42. The Kier molecular flexibility index (Phi) is 8.32. The van der Waals surface area contributed by atoms with E-state index in [2.05, 4.69) is 9.97 Å². The molecule has 0 saturated carbocycles. The first-order chi connectivity index (χ1) is 18.5. The molecule has 2 aliphatic heterocycles. The third-order valence-electron chi connectivity index (χ3n) is 6.95. The van der Waals surface area contributed by atoms with Crippen LogP contribution in [0.25, 0.3) is 0 Å². The molecule has 8 nitrogen and oxygen atoms in total. The van der Waals surface area contributed by atoms with Crippen molar-refractivity contribution in [1.29, 1.82) is 0 Å². The highest BCUT2D eigenvalue weighted by Crippen LogP contribution is 2.44. The Bertz CT molecular complexity index is 1300. The van der Waals surface area contributed by atoms with Crippen molar-refractivity contribution >= 4 is 23.1 Å². The SMILES string of the molecule is Cc1cc(C)c(C(F)(F)F)c(C2Cc3nc([S+](C)[O-])nc(N4CCN(C(=O)OC(C)(C)C)C[C@@H]4C)c3CO2)c1F. The fourth-order valence-electron chi connectivity index (χ4n) is 5.22. The van der Waals surface area contributed by atoms with Crippen LogP contribution >= 0.6 is 0 Å². The maximum Gasteiger partial charge on any atom is 0.417 e. The molecule has 13 heteroatoms. The van der Waals surface area contributed by atoms with Crippen LogP contribution in [0.2, 0.25) is 0 Å². The highest BCUT2D eigenvalue weighted by Gasteiger charge is 2.42. The van der Waals surface area contributed by atoms with Crippen LogP contribution in [0.15, 0.2) is 11.2 Å². The summed E-state index contributed by atoms with van der Waals surface area (Å²) in [5.74, 6) is -0.520. The van der Waals surface area contributed by atoms with E-state index in [-0.39, 0.29) is 35.4 Å². The molecule has 40 heavy (non-hydrogen) atoms. The van der Waals surface area contributed by atoms with Crippen molar-refractivity contribution in [3.8, 4) is 0 Å². The van der Waals surface area contributed by atoms with Crippen molar-refractivity contribution in [2.75, 3.05) is 30.8 Å². The van der Waals surface area contributed by atoms with Gasteiger partial charge in [-0.1, -0.05) is 6.07 Å². The smallest absolute Gasteiger partial charge is 0.417 e. The van der Waals surface area contributed by atoms with E-state index in [9.17, 15) is 22.5 Å². The molecule has 2 aliphatic rings. The van der Waals surface area contributed by atoms with Crippen LogP contribution in [0, 0.1) is 19.7 Å². The van der Waals surface area contributed by atoms with E-state index in [1.165, 1.54) is 26.2 Å². The minimum absolute atomic E-state index is 0.0214. The number of hydrogen-bond donors (Lipinski definition) is 0. The van der Waals surface area contributed by atoms with Crippen molar-refractivity contribution in [2.24, 2.45) is 0 Å². The number of ether oxygens (including phenoxy) is 2. The largest absolute Gasteiger partial charge is 0.609 e. The zero-order valence-corrected chi connectivity index (χ0v) is 24.4. The number of amides is 1. The van der Waals surface area contributed by atoms with Crippen LogP contribution in [-0.2, 0) is 39.9 Å². The summed E-state index contributed by atoms with van der Waals surface area (Å²) in [6.45, 7) is 10.9. The van der Waals surface area contributed by atoms with Gasteiger partial charge in [0.05, 0.1) is 24.0 Å². The molecule has 0 N–H and O–H groups in total. The van der Waals surface area contributed by atoms with Gasteiger partial charge >= 0.3 is 17.4 Å². The van der Waals surface area contributed by atoms with Crippen molar-refractivity contribution < 1.29 is 36.4 Å². The fraction of sp³-hybridized carbons (Fsp3) is 0.593. The number of piperazine rings is 1. The molecule has 0 radical (unpaired) electrons. The highest BCUT2D eigenvalue weighted by molar-refractivity contribution is 7.90. The second-order valence-corrected chi connectivity index (χ2v) is 12.6. The first-order valence-corrected chi connectivity index (χ1v) is 14.5. The van der Waals surface area contributed by atoms with Crippen LogP contribution in [0.1, 0.15) is 67.3 Å². The third-order valence-corrected chi connectivity index (χ3v) is 7.65. The summed E-state index contributed by atoms with van der Waals surface area (Å²) >= 11 is -1.59. The van der Waals surface area contributed by atoms with Gasteiger partial charge in [0.1, 0.15) is 23.5 Å². The Labute approximate surface area is 234 Å². The molecule has 3 heterocycles. The minimum Gasteiger partial charge on any atom is -0.609 e. The highest BCUT2D eigenvalue weighted by atomic mass is 32.2. The Morgan fingerprint density at radius 3 is 2.42 bits per heavy atom. The van der Waals surface area contributed by atoms with E-state index in [0.717, 1.165) is 0 Å². The van der Waals surface area contributed by atoms with Crippen LogP contribution in [0.3, 0.4) is 0 Å². The van der Waals surface area contributed by atoms with Crippen molar-refractivity contribution in [2.45, 2.75) is 83.6 Å². The summed E-state index contributed by atoms with van der Waals surface area (Å²) in [5.41, 5.74) is -1.34. The van der Waals surface area contributed by atoms with E-state index in [4.69, 9.17) is 9.47 Å². The maximum absolute atomic E-state index is 15.3. The summed E-state index contributed by atoms with van der Waals surface area (Å²) in [5, 5.41) is 0.0214. The van der Waals surface area contributed by atoms with Gasteiger partial charge in [-0.2, -0.15) is 23.1 Å². The molecule has 0 aliphatic carbocycles. The van der Waals surface area contributed by atoms with Crippen molar-refractivity contribution in [3.63, 3.8) is 0 Å². The van der Waals surface area contributed by atoms with Crippen LogP contribution < -0.4 is 4.90 Å². The van der Waals surface area contributed by atoms with E-state index in [1.807, 2.05) is 11.8 Å². The lowest BCUT2D eigenvalue weighted by Crippen LogP contribution is -2.55. The predicted molar refractivity (Wildman–Crippen MR) is 141 cm³/mol. The topological polar surface area (TPSA) is 90.9 Å². The van der Waals surface area contributed by atoms with E-state index >= 15 is 4.39 Å². The normalized spacial score (nSPS) is 20.8. The standard InChI is InChI=1S/C27H34F4N4O4S/c1-14-10-15(2)22(28)20(21(14)27(29,30)31)19-11-18-17(13-38-19)23(33-24(32-18)40(7)37)35-9-8-34(12-16(35)3)25(36)39-26(4,5)6/h10,16,19H,8-9,11-13H2,1-7H3/t16-,19?,40?/m0/s1. The number of carbonyl (C=O) groups excluding carboxylic acids is 1. The number of anilines is 1. The van der Waals surface area contributed by atoms with Gasteiger partial charge in [0, 0.05) is 54.4 Å². The fourth-order valence-corrected chi connectivity index (χ4v) is 5.67. The summed E-state index contributed by atoms with van der Waals surface area (Å²) in [6.07, 6.45) is -5.19. The zero-order valence-electron chi connectivity index (χ0n) is 23.6. The Morgan fingerprint density at radius 2 is 1.85 bits per heavy atom. The van der Waals surface area contributed by atoms with Gasteiger partial charge in [-0.25, -0.2) is 9.18 Å². The number of halogens is 4. The minimum atomic E-state index is -4.78. The molecule has 1 aromatic carbocycles. The number of aromatic nitrogens is 2. The number of rotatable bonds is 3. The van der Waals surface area contributed by atoms with Gasteiger partial charge < -0.3 is 23.8 Å². The van der Waals surface area contributed by atoms with Gasteiger partial charge in [-0.3, -0.25) is 0 Å². The van der Waals surface area contributed by atoms with Crippen molar-refractivity contribution in [3.05, 3.63) is 45.4 Å². The molecule has 1 aromatic heterocycles. The third kappa shape index (κ3) is 6.15. The molecule has 2 unspecified atom stereocenters. The Morgan fingerprint density at radius 1 is 1.18 bits per heavy atom. The molecular formula is C27H34F4N4O4S. The molecule has 3 atom stereocenters. The molecule has 2 aromatic rings. The number of carbonyl (C=O) groups is 1. The average Bonchev–Trinajstić information content (AvgIpc) is 2.83. The maximum atomic E-state index is 15.3. The van der Waals surface area contributed by atoms with Gasteiger partial charge in [0.25, 0.3) is 0 Å². The number of nitrogens with zero attached hydrogens (tertiary/aromatic N) is 4. The lowest BCUT2D eigenvalue weighted by molar-refractivity contribution is -0.140. The Balaban J connectivity index is 1.69. The molecule has 4 rings (SSSR count). The van der Waals surface area contributed by atoms with Gasteiger partial charge in [0.15, 0.2) is 0 Å². The van der Waals surface area contributed by atoms with Gasteiger partial charge in [-0.15, -0.1) is 0 Å². The number of fused-ring (bicyclic) bond motifs is 1. The quantitative estimate of drug-likeness (QED) is 0.276. The van der Waals surface area contributed by atoms with Crippen LogP contribution in [-0.4, -0.2) is 63.0 Å². The Hall–Kier alpha value is -2.64. The van der Waals surface area contributed by atoms with Crippen LogP contribution in [0.5, 0.6) is 0 Å². The van der Waals surface area contributed by atoms with Crippen LogP contribution in [0.4, 0.5) is 28.2 Å². The summed E-state index contributed by atoms with van der Waals surface area (Å²) in [7, 11) is 0. The molecular weight excluding hydrogens is 552 g/mol. The van der Waals surface area contributed by atoms with E-state index in [1.54, 1.807) is 25.7 Å². The second kappa shape index (κ2) is 11.0. The number of benzene rings is 1. The van der Waals surface area contributed by atoms with E-state index in [0.29, 0.717) is 36.7 Å². The van der Waals surface area contributed by atoms with E-state index < -0.39 is 52.1 Å². The molecule has 1 fully saturated rings. The molecule has 220 valence electrons. The molecule has 1 amide bonds.